The lowest BCUT2D eigenvalue weighted by atomic mass is 10.1. The van der Waals surface area contributed by atoms with Crippen LogP contribution in [0, 0.1) is 0 Å². The van der Waals surface area contributed by atoms with Crippen LogP contribution in [0.1, 0.15) is 18.4 Å². The summed E-state index contributed by atoms with van der Waals surface area (Å²) in [6, 6.07) is 13.9. The van der Waals surface area contributed by atoms with Gasteiger partial charge in [-0.05, 0) is 29.2 Å². The van der Waals surface area contributed by atoms with Gasteiger partial charge in [0.2, 0.25) is 10.0 Å². The molecule has 0 aliphatic carbocycles. The maximum Gasteiger partial charge on any atom is 0.211 e. The molecule has 3 nitrogen and oxygen atoms in total. The van der Waals surface area contributed by atoms with Crippen molar-refractivity contribution >= 4 is 32.4 Å². The molecule has 20 heavy (non-hydrogen) atoms. The molecule has 0 unspecified atom stereocenters. The van der Waals surface area contributed by atoms with Gasteiger partial charge >= 0.3 is 0 Å². The first kappa shape index (κ1) is 15.3. The highest BCUT2D eigenvalue weighted by Gasteiger charge is 2.10. The molecule has 5 heteroatoms. The van der Waals surface area contributed by atoms with Crippen molar-refractivity contribution in [3.63, 3.8) is 0 Å². The van der Waals surface area contributed by atoms with Crippen molar-refractivity contribution in [3.8, 4) is 0 Å². The highest BCUT2D eigenvalue weighted by atomic mass is 35.5. The predicted molar refractivity (Wildman–Crippen MR) is 84.5 cm³/mol. The molecule has 0 bridgehead atoms. The summed E-state index contributed by atoms with van der Waals surface area (Å²) in [5.74, 6) is 0.628. The number of benzene rings is 2. The van der Waals surface area contributed by atoms with Crippen LogP contribution in [-0.4, -0.2) is 20.1 Å². The molecule has 0 radical (unpaired) electrons. The number of rotatable bonds is 7. The molecule has 0 saturated heterocycles. The van der Waals surface area contributed by atoms with E-state index >= 15 is 0 Å². The van der Waals surface area contributed by atoms with Crippen molar-refractivity contribution < 1.29 is 8.42 Å². The van der Waals surface area contributed by atoms with Gasteiger partial charge in [-0.1, -0.05) is 42.5 Å². The van der Waals surface area contributed by atoms with Crippen LogP contribution in [0.25, 0.3) is 10.8 Å². The molecular weight excluding hydrogens is 294 g/mol. The molecule has 0 spiro atoms. The van der Waals surface area contributed by atoms with Gasteiger partial charge in [-0.3, -0.25) is 0 Å². The van der Waals surface area contributed by atoms with Crippen LogP contribution in [0.2, 0.25) is 0 Å². The fourth-order valence-corrected chi connectivity index (χ4v) is 3.39. The van der Waals surface area contributed by atoms with Gasteiger partial charge in [-0.25, -0.2) is 13.1 Å². The molecule has 0 atom stereocenters. The maximum absolute atomic E-state index is 11.9. The Balaban J connectivity index is 2.06. The average Bonchev–Trinajstić information content (AvgIpc) is 2.45. The van der Waals surface area contributed by atoms with Gasteiger partial charge in [0.15, 0.2) is 0 Å². The average molecular weight is 312 g/mol. The quantitative estimate of drug-likeness (QED) is 0.630. The molecule has 0 saturated carbocycles. The van der Waals surface area contributed by atoms with Crippen LogP contribution < -0.4 is 4.72 Å². The van der Waals surface area contributed by atoms with Crippen molar-refractivity contribution in [2.24, 2.45) is 0 Å². The van der Waals surface area contributed by atoms with E-state index in [2.05, 4.69) is 4.72 Å². The second-order valence-corrected chi connectivity index (χ2v) is 6.98. The molecule has 0 aliphatic heterocycles. The summed E-state index contributed by atoms with van der Waals surface area (Å²) in [5, 5.41) is 2.20. The lowest BCUT2D eigenvalue weighted by Gasteiger charge is -2.09. The smallest absolute Gasteiger partial charge is 0.211 e. The third-order valence-electron chi connectivity index (χ3n) is 3.16. The van der Waals surface area contributed by atoms with Crippen molar-refractivity contribution in [2.45, 2.75) is 19.4 Å². The molecule has 0 aliphatic rings. The fraction of sp³-hybridized carbons (Fsp3) is 0.333. The zero-order valence-electron chi connectivity index (χ0n) is 11.2. The molecule has 1 N–H and O–H groups in total. The zero-order valence-corrected chi connectivity index (χ0v) is 12.8. The molecule has 0 amide bonds. The first-order valence-corrected chi connectivity index (χ1v) is 8.81. The topological polar surface area (TPSA) is 46.2 Å². The van der Waals surface area contributed by atoms with Crippen molar-refractivity contribution in [1.29, 1.82) is 0 Å². The number of unbranched alkanes of at least 4 members (excludes halogenated alkanes) is 1. The molecule has 0 aromatic heterocycles. The van der Waals surface area contributed by atoms with E-state index < -0.39 is 10.0 Å². The number of hydrogen-bond acceptors (Lipinski definition) is 2. The minimum Gasteiger partial charge on any atom is -0.212 e. The monoisotopic (exact) mass is 311 g/mol. The van der Waals surface area contributed by atoms with Gasteiger partial charge in [0.1, 0.15) is 0 Å². The summed E-state index contributed by atoms with van der Waals surface area (Å²) in [4.78, 5) is 0. The van der Waals surface area contributed by atoms with Crippen LogP contribution in [0.3, 0.4) is 0 Å². The zero-order chi connectivity index (χ0) is 14.4. The first-order chi connectivity index (χ1) is 9.62. The van der Waals surface area contributed by atoms with Crippen molar-refractivity contribution in [3.05, 3.63) is 48.0 Å². The predicted octanol–water partition coefficient (Wildman–Crippen LogP) is 3.28. The summed E-state index contributed by atoms with van der Waals surface area (Å²) in [5.41, 5.74) is 0.990. The van der Waals surface area contributed by atoms with Crippen LogP contribution >= 0.6 is 11.6 Å². The first-order valence-electron chi connectivity index (χ1n) is 6.62. The lowest BCUT2D eigenvalue weighted by Crippen LogP contribution is -2.26. The summed E-state index contributed by atoms with van der Waals surface area (Å²) >= 11 is 5.55. The summed E-state index contributed by atoms with van der Waals surface area (Å²) < 4.78 is 26.4. The normalized spacial score (nSPS) is 11.8. The largest absolute Gasteiger partial charge is 0.212 e. The van der Waals surface area contributed by atoms with Gasteiger partial charge in [-0.15, -0.1) is 11.6 Å². The van der Waals surface area contributed by atoms with Crippen LogP contribution in [0.4, 0.5) is 0 Å². The highest BCUT2D eigenvalue weighted by Crippen LogP contribution is 2.18. The third-order valence-corrected chi connectivity index (χ3v) is 4.84. The lowest BCUT2D eigenvalue weighted by molar-refractivity contribution is 0.578. The Kier molecular flexibility index (Phi) is 5.40. The number of hydrogen-bond donors (Lipinski definition) is 1. The molecule has 2 aromatic rings. The second-order valence-electron chi connectivity index (χ2n) is 4.67. The summed E-state index contributed by atoms with van der Waals surface area (Å²) in [7, 11) is -3.23. The summed E-state index contributed by atoms with van der Waals surface area (Å²) in [6.07, 6.45) is 1.31. The molecule has 0 heterocycles. The van der Waals surface area contributed by atoms with E-state index in [-0.39, 0.29) is 5.75 Å². The molecule has 2 rings (SSSR count). The number of alkyl halides is 1. The SMILES string of the molecule is O=S(=O)(CCCCCl)NCc1cccc2ccccc12. The Bertz CT molecular complexity index is 665. The van der Waals surface area contributed by atoms with E-state index in [1.807, 2.05) is 42.5 Å². The minimum atomic E-state index is -3.23. The number of nitrogens with one attached hydrogen (secondary N) is 1. The Morgan fingerprint density at radius 2 is 1.75 bits per heavy atom. The van der Waals surface area contributed by atoms with Crippen molar-refractivity contribution in [1.82, 2.24) is 4.72 Å². The van der Waals surface area contributed by atoms with Gasteiger partial charge in [0, 0.05) is 12.4 Å². The van der Waals surface area contributed by atoms with Gasteiger partial charge in [0.05, 0.1) is 5.75 Å². The van der Waals surface area contributed by atoms with E-state index in [0.717, 1.165) is 22.8 Å². The van der Waals surface area contributed by atoms with E-state index in [9.17, 15) is 8.42 Å². The number of sulfonamides is 1. The Labute approximate surface area is 125 Å². The molecular formula is C15H18ClNO2S. The highest BCUT2D eigenvalue weighted by molar-refractivity contribution is 7.89. The molecule has 2 aromatic carbocycles. The minimum absolute atomic E-state index is 0.129. The maximum atomic E-state index is 11.9. The third kappa shape index (κ3) is 4.20. The van der Waals surface area contributed by atoms with E-state index in [4.69, 9.17) is 11.6 Å². The number of fused-ring (bicyclic) bond motifs is 1. The Morgan fingerprint density at radius 1 is 1.00 bits per heavy atom. The van der Waals surface area contributed by atoms with E-state index in [1.165, 1.54) is 0 Å². The standard InChI is InChI=1S/C15H18ClNO2S/c16-10-3-4-11-20(18,19)17-12-14-8-5-7-13-6-1-2-9-15(13)14/h1-2,5-9,17H,3-4,10-12H2. The van der Waals surface area contributed by atoms with Gasteiger partial charge < -0.3 is 0 Å². The fourth-order valence-electron chi connectivity index (χ4n) is 2.09. The van der Waals surface area contributed by atoms with Crippen LogP contribution in [-0.2, 0) is 16.6 Å². The summed E-state index contributed by atoms with van der Waals surface area (Å²) in [6.45, 7) is 0.324. The van der Waals surface area contributed by atoms with Crippen LogP contribution in [0.5, 0.6) is 0 Å². The second kappa shape index (κ2) is 7.07. The molecule has 108 valence electrons. The molecule has 0 fully saturated rings. The van der Waals surface area contributed by atoms with Crippen molar-refractivity contribution in [2.75, 3.05) is 11.6 Å². The van der Waals surface area contributed by atoms with E-state index in [1.54, 1.807) is 0 Å². The van der Waals surface area contributed by atoms with Gasteiger partial charge in [0.25, 0.3) is 0 Å². The van der Waals surface area contributed by atoms with Crippen LogP contribution in [0.15, 0.2) is 42.5 Å². The van der Waals surface area contributed by atoms with Gasteiger partial charge in [-0.2, -0.15) is 0 Å². The van der Waals surface area contributed by atoms with E-state index in [0.29, 0.717) is 18.8 Å². The Hall–Kier alpha value is -1.10. The number of halogens is 1. The Morgan fingerprint density at radius 3 is 2.55 bits per heavy atom.